The van der Waals surface area contributed by atoms with E-state index >= 15 is 0 Å². The fraction of sp³-hybridized carbons (Fsp3) is 0.750. The lowest BCUT2D eigenvalue weighted by atomic mass is 9.56. The summed E-state index contributed by atoms with van der Waals surface area (Å²) in [5.41, 5.74) is 2.14. The summed E-state index contributed by atoms with van der Waals surface area (Å²) < 4.78 is 5.89. The minimum atomic E-state index is -0.125. The van der Waals surface area contributed by atoms with E-state index in [9.17, 15) is 4.79 Å². The Labute approximate surface area is 145 Å². The van der Waals surface area contributed by atoms with Crippen molar-refractivity contribution in [3.05, 3.63) is 17.1 Å². The molecule has 1 fully saturated rings. The van der Waals surface area contributed by atoms with Gasteiger partial charge in [-0.05, 0) is 32.1 Å². The van der Waals surface area contributed by atoms with E-state index in [2.05, 4.69) is 34.6 Å². The highest BCUT2D eigenvalue weighted by Gasteiger charge is 2.50. The number of hydrogen-bond acceptors (Lipinski definition) is 4. The zero-order chi connectivity index (χ0) is 17.7. The van der Waals surface area contributed by atoms with Crippen LogP contribution in [0.25, 0.3) is 0 Å². The van der Waals surface area contributed by atoms with Crippen molar-refractivity contribution in [3.63, 3.8) is 0 Å². The van der Waals surface area contributed by atoms with Crippen molar-refractivity contribution in [2.24, 2.45) is 11.8 Å². The highest BCUT2D eigenvalue weighted by atomic mass is 16.5. The Morgan fingerprint density at radius 1 is 1.25 bits per heavy atom. The largest absolute Gasteiger partial charge is 0.478 e. The van der Waals surface area contributed by atoms with Gasteiger partial charge in [-0.3, -0.25) is 4.79 Å². The zero-order valence-corrected chi connectivity index (χ0v) is 15.9. The van der Waals surface area contributed by atoms with Crippen LogP contribution in [0, 0.1) is 11.8 Å². The van der Waals surface area contributed by atoms with Crippen LogP contribution in [0.2, 0.25) is 0 Å². The first kappa shape index (κ1) is 17.4. The van der Waals surface area contributed by atoms with Crippen molar-refractivity contribution in [3.8, 4) is 5.88 Å². The molecule has 1 aromatic heterocycles. The summed E-state index contributed by atoms with van der Waals surface area (Å²) in [4.78, 5) is 22.0. The fourth-order valence-electron chi connectivity index (χ4n) is 4.49. The third-order valence-electron chi connectivity index (χ3n) is 5.99. The first-order chi connectivity index (χ1) is 11.2. The van der Waals surface area contributed by atoms with Crippen LogP contribution in [0.5, 0.6) is 5.88 Å². The summed E-state index contributed by atoms with van der Waals surface area (Å²) in [6.07, 6.45) is 3.48. The standard InChI is InChI=1S/C20H30N2O2/c1-7-24-17-13-8-9-14-12(2)15(23)10-11-20(14,6)16(13)21-18(22-17)19(3,4)5/h12,14H,7-11H2,1-6H3/t12-,14-,20-/m0/s1. The van der Waals surface area contributed by atoms with Crippen LogP contribution in [0.3, 0.4) is 0 Å². The quantitative estimate of drug-likeness (QED) is 0.822. The van der Waals surface area contributed by atoms with Crippen molar-refractivity contribution in [2.75, 3.05) is 6.61 Å². The van der Waals surface area contributed by atoms with Gasteiger partial charge in [0.15, 0.2) is 0 Å². The molecule has 3 atom stereocenters. The molecule has 2 aliphatic carbocycles. The van der Waals surface area contributed by atoms with Gasteiger partial charge in [-0.2, -0.15) is 4.98 Å². The number of fused-ring (bicyclic) bond motifs is 3. The predicted molar refractivity (Wildman–Crippen MR) is 94.5 cm³/mol. The normalized spacial score (nSPS) is 29.8. The lowest BCUT2D eigenvalue weighted by Gasteiger charge is -2.48. The molecule has 2 aliphatic rings. The van der Waals surface area contributed by atoms with Gasteiger partial charge in [0, 0.05) is 28.7 Å². The summed E-state index contributed by atoms with van der Waals surface area (Å²) in [5, 5.41) is 0. The number of nitrogens with zero attached hydrogens (tertiary/aromatic N) is 2. The molecule has 0 unspecified atom stereocenters. The maximum absolute atomic E-state index is 12.2. The molecule has 0 aromatic carbocycles. The van der Waals surface area contributed by atoms with Gasteiger partial charge in [-0.25, -0.2) is 4.98 Å². The van der Waals surface area contributed by atoms with Crippen LogP contribution in [0.1, 0.15) is 77.9 Å². The van der Waals surface area contributed by atoms with Gasteiger partial charge >= 0.3 is 0 Å². The molecule has 0 saturated heterocycles. The van der Waals surface area contributed by atoms with Gasteiger partial charge in [0.2, 0.25) is 5.88 Å². The van der Waals surface area contributed by atoms with E-state index in [-0.39, 0.29) is 16.7 Å². The first-order valence-electron chi connectivity index (χ1n) is 9.26. The number of carbonyl (C=O) groups excluding carboxylic acids is 1. The van der Waals surface area contributed by atoms with Crippen molar-refractivity contribution >= 4 is 5.78 Å². The second kappa shape index (κ2) is 5.82. The van der Waals surface area contributed by atoms with Gasteiger partial charge in [0.05, 0.1) is 12.3 Å². The molecule has 24 heavy (non-hydrogen) atoms. The summed E-state index contributed by atoms with van der Waals surface area (Å²) in [6.45, 7) is 13.4. The van der Waals surface area contributed by atoms with E-state index < -0.39 is 0 Å². The third kappa shape index (κ3) is 2.64. The van der Waals surface area contributed by atoms with E-state index in [0.29, 0.717) is 24.7 Å². The van der Waals surface area contributed by atoms with Crippen LogP contribution in [-0.4, -0.2) is 22.4 Å². The molecule has 1 heterocycles. The van der Waals surface area contributed by atoms with E-state index in [0.717, 1.165) is 36.7 Å². The SMILES string of the molecule is CCOc1nc(C(C)(C)C)nc2c1CC[C@H]1[C@H](C)C(=O)CC[C@]21C. The van der Waals surface area contributed by atoms with Crippen LogP contribution in [-0.2, 0) is 22.0 Å². The lowest BCUT2D eigenvalue weighted by molar-refractivity contribution is -0.128. The van der Waals surface area contributed by atoms with Crippen LogP contribution < -0.4 is 4.74 Å². The average Bonchev–Trinajstić information content (AvgIpc) is 2.51. The lowest BCUT2D eigenvalue weighted by Crippen LogP contribution is -2.47. The number of Topliss-reactive ketones (excluding diaryl/α,β-unsaturated/α-hetero) is 1. The molecule has 0 N–H and O–H groups in total. The molecular formula is C20H30N2O2. The number of rotatable bonds is 2. The second-order valence-electron chi connectivity index (χ2n) is 8.68. The minimum absolute atomic E-state index is 0.0459. The number of hydrogen-bond donors (Lipinski definition) is 0. The summed E-state index contributed by atoms with van der Waals surface area (Å²) in [6, 6.07) is 0. The Hall–Kier alpha value is -1.45. The third-order valence-corrected chi connectivity index (χ3v) is 5.99. The average molecular weight is 330 g/mol. The highest BCUT2D eigenvalue weighted by molar-refractivity contribution is 5.82. The van der Waals surface area contributed by atoms with E-state index in [1.807, 2.05) is 6.92 Å². The molecule has 4 heteroatoms. The summed E-state index contributed by atoms with van der Waals surface area (Å²) >= 11 is 0. The Kier molecular flexibility index (Phi) is 4.21. The summed E-state index contributed by atoms with van der Waals surface area (Å²) in [7, 11) is 0. The van der Waals surface area contributed by atoms with Gasteiger partial charge in [0.25, 0.3) is 0 Å². The van der Waals surface area contributed by atoms with Crippen LogP contribution in [0.4, 0.5) is 0 Å². The number of aromatic nitrogens is 2. The predicted octanol–water partition coefficient (Wildman–Crippen LogP) is 3.99. The molecule has 0 bridgehead atoms. The Bertz CT molecular complexity index is 662. The molecule has 132 valence electrons. The first-order valence-corrected chi connectivity index (χ1v) is 9.26. The molecule has 0 spiro atoms. The second-order valence-corrected chi connectivity index (χ2v) is 8.68. The van der Waals surface area contributed by atoms with Crippen molar-refractivity contribution in [1.82, 2.24) is 9.97 Å². The van der Waals surface area contributed by atoms with E-state index in [1.165, 1.54) is 5.56 Å². The molecule has 1 aromatic rings. The zero-order valence-electron chi connectivity index (χ0n) is 15.9. The van der Waals surface area contributed by atoms with Gasteiger partial charge in [0.1, 0.15) is 11.6 Å². The Morgan fingerprint density at radius 3 is 2.58 bits per heavy atom. The molecular weight excluding hydrogens is 300 g/mol. The molecule has 1 saturated carbocycles. The van der Waals surface area contributed by atoms with Crippen LogP contribution in [0.15, 0.2) is 0 Å². The molecule has 0 aliphatic heterocycles. The maximum Gasteiger partial charge on any atom is 0.220 e. The van der Waals surface area contributed by atoms with Crippen LogP contribution >= 0.6 is 0 Å². The van der Waals surface area contributed by atoms with Gasteiger partial charge < -0.3 is 4.74 Å². The van der Waals surface area contributed by atoms with E-state index in [4.69, 9.17) is 14.7 Å². The van der Waals surface area contributed by atoms with Gasteiger partial charge in [-0.15, -0.1) is 0 Å². The number of ether oxygens (including phenoxy) is 1. The number of ketones is 1. The van der Waals surface area contributed by atoms with Crippen molar-refractivity contribution < 1.29 is 9.53 Å². The van der Waals surface area contributed by atoms with Gasteiger partial charge in [-0.1, -0.05) is 34.6 Å². The topological polar surface area (TPSA) is 52.1 Å². The molecule has 3 rings (SSSR count). The molecule has 0 radical (unpaired) electrons. The minimum Gasteiger partial charge on any atom is -0.478 e. The Balaban J connectivity index is 2.17. The van der Waals surface area contributed by atoms with Crippen molar-refractivity contribution in [2.45, 2.75) is 78.1 Å². The summed E-state index contributed by atoms with van der Waals surface area (Å²) in [5.74, 6) is 2.52. The van der Waals surface area contributed by atoms with Crippen molar-refractivity contribution in [1.29, 1.82) is 0 Å². The smallest absolute Gasteiger partial charge is 0.220 e. The highest BCUT2D eigenvalue weighted by Crippen LogP contribution is 2.52. The Morgan fingerprint density at radius 2 is 1.96 bits per heavy atom. The fourth-order valence-corrected chi connectivity index (χ4v) is 4.49. The maximum atomic E-state index is 12.2. The number of carbonyl (C=O) groups is 1. The molecule has 4 nitrogen and oxygen atoms in total. The monoisotopic (exact) mass is 330 g/mol. The molecule has 0 amide bonds. The van der Waals surface area contributed by atoms with E-state index in [1.54, 1.807) is 0 Å².